The van der Waals surface area contributed by atoms with Crippen molar-refractivity contribution in [3.05, 3.63) is 35.6 Å². The van der Waals surface area contributed by atoms with Crippen molar-refractivity contribution in [2.45, 2.75) is 25.0 Å². The van der Waals surface area contributed by atoms with Crippen LogP contribution in [0, 0.1) is 5.82 Å². The summed E-state index contributed by atoms with van der Waals surface area (Å²) in [6, 6.07) is 4.38. The molecule has 0 bridgehead atoms. The van der Waals surface area contributed by atoms with Crippen molar-refractivity contribution in [3.8, 4) is 0 Å². The van der Waals surface area contributed by atoms with Crippen LogP contribution < -0.4 is 0 Å². The Balaban J connectivity index is 2.96. The molecule has 1 aromatic carbocycles. The van der Waals surface area contributed by atoms with E-state index in [4.69, 9.17) is 0 Å². The third kappa shape index (κ3) is 3.42. The summed E-state index contributed by atoms with van der Waals surface area (Å²) in [6.07, 6.45) is -1.29. The quantitative estimate of drug-likeness (QED) is 0.485. The lowest BCUT2D eigenvalue weighted by molar-refractivity contribution is -0.0576. The summed E-state index contributed by atoms with van der Waals surface area (Å²) >= 11 is 0. The van der Waals surface area contributed by atoms with E-state index in [0.29, 0.717) is 0 Å². The lowest BCUT2D eigenvalue weighted by atomic mass is 10.1. The van der Waals surface area contributed by atoms with Gasteiger partial charge >= 0.3 is 15.6 Å². The molecule has 1 unspecified atom stereocenters. The van der Waals surface area contributed by atoms with E-state index in [1.807, 2.05) is 0 Å². The monoisotopic (exact) mass is 286 g/mol. The molecule has 0 saturated carbocycles. The predicted octanol–water partition coefficient (Wildman–Crippen LogP) is 3.14. The number of hydrogen-bond acceptors (Lipinski definition) is 3. The molecule has 0 radical (unpaired) electrons. The second kappa shape index (κ2) is 5.23. The van der Waals surface area contributed by atoms with Gasteiger partial charge in [0.05, 0.1) is 0 Å². The van der Waals surface area contributed by atoms with Crippen LogP contribution in [0.15, 0.2) is 24.3 Å². The van der Waals surface area contributed by atoms with E-state index in [2.05, 4.69) is 4.18 Å². The van der Waals surface area contributed by atoms with Gasteiger partial charge < -0.3 is 0 Å². The summed E-state index contributed by atoms with van der Waals surface area (Å²) in [6.45, 7) is 1.46. The Bertz CT molecular complexity index is 493. The van der Waals surface area contributed by atoms with Gasteiger partial charge in [0.25, 0.3) is 0 Å². The van der Waals surface area contributed by atoms with Crippen molar-refractivity contribution in [2.75, 3.05) is 0 Å². The molecule has 1 rings (SSSR count). The fourth-order valence-electron chi connectivity index (χ4n) is 1.24. The first-order valence-corrected chi connectivity index (χ1v) is 6.33. The summed E-state index contributed by atoms with van der Waals surface area (Å²) in [5.41, 5.74) is -5.31. The molecule has 0 aromatic heterocycles. The number of alkyl halides is 3. The van der Waals surface area contributed by atoms with Gasteiger partial charge in [-0.15, -0.1) is 0 Å². The van der Waals surface area contributed by atoms with Gasteiger partial charge in [-0.1, -0.05) is 19.1 Å². The first-order valence-electron chi connectivity index (χ1n) is 4.92. The highest BCUT2D eigenvalue weighted by Gasteiger charge is 2.48. The van der Waals surface area contributed by atoms with Crippen LogP contribution in [0.4, 0.5) is 17.6 Å². The second-order valence-corrected chi connectivity index (χ2v) is 5.01. The summed E-state index contributed by atoms with van der Waals surface area (Å²) in [7, 11) is -5.66. The molecular formula is C10H10F4O3S. The van der Waals surface area contributed by atoms with Crippen molar-refractivity contribution in [3.63, 3.8) is 0 Å². The van der Waals surface area contributed by atoms with Crippen molar-refractivity contribution in [1.82, 2.24) is 0 Å². The highest BCUT2D eigenvalue weighted by atomic mass is 32.2. The Morgan fingerprint density at radius 1 is 1.22 bits per heavy atom. The Kier molecular flexibility index (Phi) is 4.33. The molecule has 0 fully saturated rings. The number of benzene rings is 1. The number of rotatable bonds is 4. The van der Waals surface area contributed by atoms with Crippen LogP contribution in [-0.4, -0.2) is 13.9 Å². The molecule has 0 aliphatic carbocycles. The van der Waals surface area contributed by atoms with Crippen molar-refractivity contribution < 1.29 is 30.2 Å². The molecule has 0 N–H and O–H groups in total. The second-order valence-electron chi connectivity index (χ2n) is 3.44. The van der Waals surface area contributed by atoms with Crippen LogP contribution in [0.2, 0.25) is 0 Å². The first-order chi connectivity index (χ1) is 8.17. The maximum Gasteiger partial charge on any atom is 0.523 e. The number of hydrogen-bond donors (Lipinski definition) is 0. The molecule has 0 heterocycles. The largest absolute Gasteiger partial charge is 0.523 e. The van der Waals surface area contributed by atoms with Gasteiger partial charge in [-0.25, -0.2) is 4.39 Å². The Morgan fingerprint density at radius 2 is 1.72 bits per heavy atom. The minimum Gasteiger partial charge on any atom is -0.255 e. The van der Waals surface area contributed by atoms with Gasteiger partial charge in [0.1, 0.15) is 11.9 Å². The van der Waals surface area contributed by atoms with Crippen LogP contribution >= 0.6 is 0 Å². The zero-order valence-electron chi connectivity index (χ0n) is 9.24. The fourth-order valence-corrected chi connectivity index (χ4v) is 1.91. The highest BCUT2D eigenvalue weighted by Crippen LogP contribution is 2.31. The average Bonchev–Trinajstić information content (AvgIpc) is 2.25. The van der Waals surface area contributed by atoms with E-state index < -0.39 is 27.5 Å². The van der Waals surface area contributed by atoms with Crippen molar-refractivity contribution >= 4 is 10.1 Å². The third-order valence-corrected chi connectivity index (χ3v) is 3.19. The molecule has 102 valence electrons. The summed E-state index contributed by atoms with van der Waals surface area (Å²) < 4.78 is 74.8. The van der Waals surface area contributed by atoms with E-state index >= 15 is 0 Å². The SMILES string of the molecule is CCC(OS(=O)(=O)C(F)(F)F)c1ccc(F)cc1. The average molecular weight is 286 g/mol. The molecule has 3 nitrogen and oxygen atoms in total. The minimum atomic E-state index is -5.66. The topological polar surface area (TPSA) is 43.4 Å². The predicted molar refractivity (Wildman–Crippen MR) is 55.5 cm³/mol. The molecule has 8 heteroatoms. The van der Waals surface area contributed by atoms with Gasteiger partial charge in [-0.2, -0.15) is 21.6 Å². The molecule has 0 spiro atoms. The Labute approximate surface area is 102 Å². The molecule has 1 atom stereocenters. The lowest BCUT2D eigenvalue weighted by Gasteiger charge is -2.17. The Hall–Kier alpha value is -1.15. The lowest BCUT2D eigenvalue weighted by Crippen LogP contribution is -2.27. The molecule has 0 saturated heterocycles. The standard InChI is InChI=1S/C10H10F4O3S/c1-2-9(7-3-5-8(11)6-4-7)17-18(15,16)10(12,13)14/h3-6,9H,2H2,1H3. The minimum absolute atomic E-state index is 0.000935. The van der Waals surface area contributed by atoms with E-state index in [9.17, 15) is 26.0 Å². The van der Waals surface area contributed by atoms with Crippen LogP contribution in [0.25, 0.3) is 0 Å². The van der Waals surface area contributed by atoms with Gasteiger partial charge in [0.15, 0.2) is 0 Å². The fraction of sp³-hybridized carbons (Fsp3) is 0.400. The highest BCUT2D eigenvalue weighted by molar-refractivity contribution is 7.87. The van der Waals surface area contributed by atoms with Gasteiger partial charge in [0.2, 0.25) is 0 Å². The molecule has 0 aliphatic rings. The van der Waals surface area contributed by atoms with E-state index in [1.54, 1.807) is 0 Å². The van der Waals surface area contributed by atoms with Crippen LogP contribution in [0.1, 0.15) is 25.0 Å². The molecule has 1 aromatic rings. The summed E-state index contributed by atoms with van der Waals surface area (Å²) in [5, 5.41) is 0. The summed E-state index contributed by atoms with van der Waals surface area (Å²) in [4.78, 5) is 0. The van der Waals surface area contributed by atoms with Gasteiger partial charge in [-0.05, 0) is 24.1 Å². The van der Waals surface area contributed by atoms with Crippen LogP contribution in [0.3, 0.4) is 0 Å². The normalized spacial score (nSPS) is 14.5. The summed E-state index contributed by atoms with van der Waals surface area (Å²) in [5.74, 6) is -0.577. The van der Waals surface area contributed by atoms with Crippen LogP contribution in [-0.2, 0) is 14.3 Å². The van der Waals surface area contributed by atoms with Crippen LogP contribution in [0.5, 0.6) is 0 Å². The first kappa shape index (κ1) is 14.9. The van der Waals surface area contributed by atoms with Crippen molar-refractivity contribution in [1.29, 1.82) is 0 Å². The van der Waals surface area contributed by atoms with E-state index in [-0.39, 0.29) is 12.0 Å². The molecule has 0 amide bonds. The third-order valence-electron chi connectivity index (χ3n) is 2.14. The van der Waals surface area contributed by atoms with Crippen molar-refractivity contribution in [2.24, 2.45) is 0 Å². The van der Waals surface area contributed by atoms with Gasteiger partial charge in [0, 0.05) is 0 Å². The maximum absolute atomic E-state index is 12.6. The zero-order chi connectivity index (χ0) is 14.0. The number of halogens is 4. The zero-order valence-corrected chi connectivity index (χ0v) is 10.1. The molecule has 18 heavy (non-hydrogen) atoms. The maximum atomic E-state index is 12.6. The van der Waals surface area contributed by atoms with E-state index in [1.165, 1.54) is 19.1 Å². The molecular weight excluding hydrogens is 276 g/mol. The Morgan fingerprint density at radius 3 is 2.11 bits per heavy atom. The van der Waals surface area contributed by atoms with Gasteiger partial charge in [-0.3, -0.25) is 4.18 Å². The molecule has 0 aliphatic heterocycles. The van der Waals surface area contributed by atoms with E-state index in [0.717, 1.165) is 12.1 Å². The smallest absolute Gasteiger partial charge is 0.255 e.